The maximum absolute atomic E-state index is 14.1. The molecule has 1 aromatic heterocycles. The van der Waals surface area contributed by atoms with Crippen LogP contribution in [0.15, 0.2) is 88.6 Å². The van der Waals surface area contributed by atoms with Crippen molar-refractivity contribution in [3.63, 3.8) is 0 Å². The van der Waals surface area contributed by atoms with Crippen LogP contribution in [0.3, 0.4) is 0 Å². The fourth-order valence-electron chi connectivity index (χ4n) is 4.71. The Morgan fingerprint density at radius 3 is 2.28 bits per heavy atom. The van der Waals surface area contributed by atoms with E-state index in [2.05, 4.69) is 0 Å². The number of para-hydroxylation sites is 1. The topological polar surface area (TPSA) is 58.0 Å². The van der Waals surface area contributed by atoms with Gasteiger partial charge >= 0.3 is 0 Å². The number of benzene rings is 3. The second kappa shape index (κ2) is 10.0. The lowest BCUT2D eigenvalue weighted by atomic mass is 10.2. The standard InChI is InChI=1S/C29H24N4O3S3/c1-30-21-16-20(36-3)14-15-22(21)38-28(30)24-26(35)32(17-18-10-6-4-7-11-18)27(39-24)23-25(34)33(29(37)31(23)2)19-12-8-5-9-13-19/h4-16H,17H2,1-3H3/b27-23-,28-24-. The highest BCUT2D eigenvalue weighted by Gasteiger charge is 2.39. The second-order valence-corrected chi connectivity index (χ2v) is 11.5. The van der Waals surface area contributed by atoms with Gasteiger partial charge in [0.15, 0.2) is 5.11 Å². The van der Waals surface area contributed by atoms with Crippen molar-refractivity contribution in [2.45, 2.75) is 11.4 Å². The van der Waals surface area contributed by atoms with Crippen LogP contribution >= 0.6 is 35.3 Å². The maximum atomic E-state index is 14.1. The molecule has 0 atom stereocenters. The fraction of sp³-hybridized carbons (Fsp3) is 0.138. The molecule has 0 radical (unpaired) electrons. The predicted octanol–water partition coefficient (Wildman–Crippen LogP) is 3.65. The summed E-state index contributed by atoms with van der Waals surface area (Å²) in [5.74, 6) is 0.493. The number of likely N-dealkylation sites (N-methyl/N-ethyl adjacent to an activating group) is 1. The number of thiazole rings is 1. The van der Waals surface area contributed by atoms with Crippen molar-refractivity contribution in [3.05, 3.63) is 104 Å². The molecule has 0 N–H and O–H groups in total. The molecule has 39 heavy (non-hydrogen) atoms. The summed E-state index contributed by atoms with van der Waals surface area (Å²) in [4.78, 5) is 34.3. The number of thiocarbonyl (C=S) groups is 1. The number of carbonyl (C=O) groups excluding carboxylic acids is 1. The number of hydrogen-bond donors (Lipinski definition) is 0. The molecule has 3 heterocycles. The van der Waals surface area contributed by atoms with Crippen molar-refractivity contribution in [1.29, 1.82) is 0 Å². The predicted molar refractivity (Wildman–Crippen MR) is 162 cm³/mol. The van der Waals surface area contributed by atoms with Gasteiger partial charge in [-0.3, -0.25) is 19.1 Å². The number of thioether (sulfide) groups is 1. The summed E-state index contributed by atoms with van der Waals surface area (Å²) in [5, 5.41) is 1.19. The molecule has 1 amide bonds. The Kier molecular flexibility index (Phi) is 6.54. The Balaban J connectivity index is 1.59. The molecule has 0 unspecified atom stereocenters. The Labute approximate surface area is 238 Å². The van der Waals surface area contributed by atoms with E-state index >= 15 is 0 Å². The minimum atomic E-state index is -0.256. The minimum Gasteiger partial charge on any atom is -0.497 e. The first kappa shape index (κ1) is 25.4. The molecular formula is C29H24N4O3S3. The van der Waals surface area contributed by atoms with Crippen molar-refractivity contribution in [2.75, 3.05) is 31.0 Å². The molecule has 0 bridgehead atoms. The molecule has 0 saturated carbocycles. The lowest BCUT2D eigenvalue weighted by molar-refractivity contribution is -0.112. The summed E-state index contributed by atoms with van der Waals surface area (Å²) in [6.45, 7) is 0.330. The van der Waals surface area contributed by atoms with Gasteiger partial charge in [0, 0.05) is 25.1 Å². The Morgan fingerprint density at radius 1 is 0.897 bits per heavy atom. The van der Waals surface area contributed by atoms with Crippen LogP contribution in [0.1, 0.15) is 5.56 Å². The van der Waals surface area contributed by atoms with E-state index in [4.69, 9.17) is 17.0 Å². The highest BCUT2D eigenvalue weighted by molar-refractivity contribution is 8.08. The SMILES string of the molecule is COc1ccc2c(c1)N(C)/C(=c1/s/c(=C3/C(=O)N(c4ccccc4)C(=S)N3C)n(Cc3ccccc3)c1=O)S2. The monoisotopic (exact) mass is 572 g/mol. The number of methoxy groups -OCH3 is 1. The molecule has 0 aliphatic carbocycles. The van der Waals surface area contributed by atoms with Gasteiger partial charge < -0.3 is 14.5 Å². The van der Waals surface area contributed by atoms with Gasteiger partial charge in [-0.1, -0.05) is 60.3 Å². The third-order valence-electron chi connectivity index (χ3n) is 6.74. The van der Waals surface area contributed by atoms with Crippen molar-refractivity contribution in [2.24, 2.45) is 0 Å². The molecule has 4 aromatic rings. The second-order valence-electron chi connectivity index (χ2n) is 9.08. The highest BCUT2D eigenvalue weighted by atomic mass is 32.2. The normalized spacial score (nSPS) is 17.8. The van der Waals surface area contributed by atoms with Crippen molar-refractivity contribution in [3.8, 4) is 5.75 Å². The van der Waals surface area contributed by atoms with Crippen molar-refractivity contribution >= 4 is 68.4 Å². The van der Waals surface area contributed by atoms with E-state index in [0.717, 1.165) is 26.9 Å². The first-order valence-electron chi connectivity index (χ1n) is 12.2. The summed E-state index contributed by atoms with van der Waals surface area (Å²) >= 11 is 8.57. The van der Waals surface area contributed by atoms with Crippen LogP contribution in [-0.2, 0) is 11.3 Å². The van der Waals surface area contributed by atoms with Crippen LogP contribution in [0.4, 0.5) is 11.4 Å². The summed E-state index contributed by atoms with van der Waals surface area (Å²) in [6.07, 6.45) is 0. The van der Waals surface area contributed by atoms with E-state index in [1.807, 2.05) is 90.8 Å². The number of rotatable bonds is 4. The van der Waals surface area contributed by atoms with E-state index in [0.29, 0.717) is 32.2 Å². The number of amides is 1. The van der Waals surface area contributed by atoms with Crippen LogP contribution in [0.25, 0.3) is 10.7 Å². The van der Waals surface area contributed by atoms with Gasteiger partial charge in [0.05, 0.1) is 25.0 Å². The molecule has 2 aliphatic heterocycles. The van der Waals surface area contributed by atoms with E-state index in [-0.39, 0.29) is 11.5 Å². The number of ether oxygens (including phenoxy) is 1. The molecule has 6 rings (SSSR count). The van der Waals surface area contributed by atoms with Crippen LogP contribution < -0.4 is 29.3 Å². The summed E-state index contributed by atoms with van der Waals surface area (Å²) in [7, 11) is 5.36. The number of aromatic nitrogens is 1. The van der Waals surface area contributed by atoms with Gasteiger partial charge in [0.25, 0.3) is 11.5 Å². The van der Waals surface area contributed by atoms with Crippen LogP contribution in [0.2, 0.25) is 0 Å². The highest BCUT2D eigenvalue weighted by Crippen LogP contribution is 2.46. The molecule has 10 heteroatoms. The number of nitrogens with zero attached hydrogens (tertiary/aromatic N) is 4. The average molecular weight is 573 g/mol. The van der Waals surface area contributed by atoms with Gasteiger partial charge in [-0.15, -0.1) is 11.3 Å². The molecule has 1 saturated heterocycles. The molecule has 2 aliphatic rings. The van der Waals surface area contributed by atoms with E-state index in [9.17, 15) is 9.59 Å². The van der Waals surface area contributed by atoms with Gasteiger partial charge in [-0.05, 0) is 42.0 Å². The summed E-state index contributed by atoms with van der Waals surface area (Å²) in [6, 6.07) is 25.0. The summed E-state index contributed by atoms with van der Waals surface area (Å²) in [5.41, 5.74) is 2.86. The van der Waals surface area contributed by atoms with Gasteiger partial charge in [-0.2, -0.15) is 0 Å². The van der Waals surface area contributed by atoms with Gasteiger partial charge in [0.1, 0.15) is 25.7 Å². The Morgan fingerprint density at radius 2 is 1.59 bits per heavy atom. The van der Waals surface area contributed by atoms with Crippen LogP contribution in [-0.4, -0.2) is 41.7 Å². The third-order valence-corrected chi connectivity index (χ3v) is 9.74. The number of fused-ring (bicyclic) bond motifs is 1. The zero-order chi connectivity index (χ0) is 27.3. The van der Waals surface area contributed by atoms with E-state index in [1.54, 1.807) is 35.4 Å². The molecule has 196 valence electrons. The first-order valence-corrected chi connectivity index (χ1v) is 14.2. The van der Waals surface area contributed by atoms with Crippen LogP contribution in [0, 0.1) is 0 Å². The van der Waals surface area contributed by atoms with E-state index < -0.39 is 0 Å². The molecule has 3 aromatic carbocycles. The van der Waals surface area contributed by atoms with Gasteiger partial charge in [0.2, 0.25) is 0 Å². The molecule has 7 nitrogen and oxygen atoms in total. The Hall–Kier alpha value is -3.86. The number of anilines is 2. The number of carbonyl (C=O) groups is 1. The third kappa shape index (κ3) is 4.25. The van der Waals surface area contributed by atoms with Crippen molar-refractivity contribution < 1.29 is 9.53 Å². The fourth-order valence-corrected chi connectivity index (χ4v) is 7.49. The lowest BCUT2D eigenvalue weighted by Gasteiger charge is -2.16. The smallest absolute Gasteiger partial charge is 0.284 e. The quantitative estimate of drug-likeness (QED) is 0.346. The van der Waals surface area contributed by atoms with Crippen molar-refractivity contribution in [1.82, 2.24) is 9.47 Å². The molecular weight excluding hydrogens is 549 g/mol. The lowest BCUT2D eigenvalue weighted by Crippen LogP contribution is -2.36. The zero-order valence-corrected chi connectivity index (χ0v) is 23.9. The van der Waals surface area contributed by atoms with Gasteiger partial charge in [-0.25, -0.2) is 0 Å². The minimum absolute atomic E-state index is 0.147. The number of hydrogen-bond acceptors (Lipinski definition) is 7. The average Bonchev–Trinajstić information content (AvgIpc) is 3.53. The zero-order valence-electron chi connectivity index (χ0n) is 21.5. The maximum Gasteiger partial charge on any atom is 0.284 e. The summed E-state index contributed by atoms with van der Waals surface area (Å²) < 4.78 is 8.26. The Bertz CT molecular complexity index is 1800. The van der Waals surface area contributed by atoms with E-state index in [1.165, 1.54) is 16.2 Å². The largest absolute Gasteiger partial charge is 0.497 e. The van der Waals surface area contributed by atoms with Crippen LogP contribution in [0.5, 0.6) is 5.75 Å². The first-order chi connectivity index (χ1) is 18.9. The molecule has 0 spiro atoms. The molecule has 1 fully saturated rings.